The van der Waals surface area contributed by atoms with Crippen LogP contribution in [0.1, 0.15) is 16.1 Å². The number of hydrogen-bond acceptors (Lipinski definition) is 5. The van der Waals surface area contributed by atoms with Crippen LogP contribution in [0.15, 0.2) is 30.6 Å². The minimum Gasteiger partial charge on any atom is -0.476 e. The van der Waals surface area contributed by atoms with Gasteiger partial charge in [-0.2, -0.15) is 5.26 Å². The van der Waals surface area contributed by atoms with Crippen LogP contribution in [-0.2, 0) is 0 Å². The minimum atomic E-state index is -1.15. The van der Waals surface area contributed by atoms with Gasteiger partial charge in [-0.3, -0.25) is 0 Å². The van der Waals surface area contributed by atoms with Crippen molar-refractivity contribution < 1.29 is 9.90 Å². The Bertz CT molecular complexity index is 664. The molecule has 6 nitrogen and oxygen atoms in total. The highest BCUT2D eigenvalue weighted by Gasteiger charge is 2.07. The molecule has 0 spiro atoms. The first-order chi connectivity index (χ1) is 9.10. The molecule has 2 aromatic rings. The van der Waals surface area contributed by atoms with Gasteiger partial charge in [0.25, 0.3) is 0 Å². The van der Waals surface area contributed by atoms with E-state index < -0.39 is 5.97 Å². The Morgan fingerprint density at radius 1 is 1.37 bits per heavy atom. The maximum Gasteiger partial charge on any atom is 0.356 e. The van der Waals surface area contributed by atoms with Crippen LogP contribution in [0.25, 0.3) is 0 Å². The number of aromatic nitrogens is 2. The molecule has 2 N–H and O–H groups in total. The molecule has 1 aromatic carbocycles. The summed E-state index contributed by atoms with van der Waals surface area (Å²) in [6, 6.07) is 6.73. The fourth-order valence-electron chi connectivity index (χ4n) is 1.33. The zero-order chi connectivity index (χ0) is 13.8. The number of aromatic carboxylic acids is 1. The molecule has 7 heteroatoms. The normalized spacial score (nSPS) is 9.68. The van der Waals surface area contributed by atoms with E-state index in [0.717, 1.165) is 6.20 Å². The molecular weight excluding hydrogens is 268 g/mol. The van der Waals surface area contributed by atoms with Gasteiger partial charge in [0, 0.05) is 0 Å². The second-order valence-electron chi connectivity index (χ2n) is 3.52. The topological polar surface area (TPSA) is 98.9 Å². The molecule has 0 aliphatic rings. The number of benzene rings is 1. The van der Waals surface area contributed by atoms with Crippen molar-refractivity contribution in [3.63, 3.8) is 0 Å². The summed E-state index contributed by atoms with van der Waals surface area (Å²) in [6.45, 7) is 0. The number of carbonyl (C=O) groups is 1. The van der Waals surface area contributed by atoms with E-state index in [4.69, 9.17) is 22.0 Å². The van der Waals surface area contributed by atoms with Crippen molar-refractivity contribution in [1.29, 1.82) is 5.26 Å². The van der Waals surface area contributed by atoms with Crippen molar-refractivity contribution >= 4 is 29.1 Å². The van der Waals surface area contributed by atoms with E-state index in [9.17, 15) is 4.79 Å². The number of anilines is 2. The van der Waals surface area contributed by atoms with Crippen LogP contribution in [0.2, 0.25) is 5.02 Å². The first kappa shape index (κ1) is 12.8. The monoisotopic (exact) mass is 274 g/mol. The first-order valence-electron chi connectivity index (χ1n) is 5.12. The largest absolute Gasteiger partial charge is 0.476 e. The van der Waals surface area contributed by atoms with Crippen LogP contribution in [0.3, 0.4) is 0 Å². The van der Waals surface area contributed by atoms with Gasteiger partial charge in [0.2, 0.25) is 0 Å². The van der Waals surface area contributed by atoms with Gasteiger partial charge in [-0.25, -0.2) is 14.8 Å². The SMILES string of the molecule is N#Cc1ccc(Cl)c(Nc2cnc(C(=O)O)cn2)c1. The molecule has 1 heterocycles. The molecule has 19 heavy (non-hydrogen) atoms. The minimum absolute atomic E-state index is 0.151. The average Bonchev–Trinajstić information content (AvgIpc) is 2.42. The Balaban J connectivity index is 2.26. The molecule has 0 amide bonds. The van der Waals surface area contributed by atoms with Gasteiger partial charge in [-0.1, -0.05) is 11.6 Å². The molecule has 0 radical (unpaired) electrons. The Labute approximate surface area is 113 Å². The van der Waals surface area contributed by atoms with E-state index in [2.05, 4.69) is 15.3 Å². The zero-order valence-electron chi connectivity index (χ0n) is 9.46. The van der Waals surface area contributed by atoms with Crippen LogP contribution in [-0.4, -0.2) is 21.0 Å². The van der Waals surface area contributed by atoms with E-state index in [1.807, 2.05) is 6.07 Å². The van der Waals surface area contributed by atoms with Gasteiger partial charge >= 0.3 is 5.97 Å². The standard InChI is InChI=1S/C12H7ClN4O2/c13-8-2-1-7(4-14)3-9(8)17-11-6-15-10(5-16-11)12(18)19/h1-3,5-6H,(H,16,17)(H,18,19). The fraction of sp³-hybridized carbons (Fsp3) is 0. The third-order valence-electron chi connectivity index (χ3n) is 2.23. The van der Waals surface area contributed by atoms with Crippen LogP contribution >= 0.6 is 11.6 Å². The van der Waals surface area contributed by atoms with Gasteiger partial charge in [0.1, 0.15) is 5.82 Å². The molecule has 1 aromatic heterocycles. The molecular formula is C12H7ClN4O2. The first-order valence-corrected chi connectivity index (χ1v) is 5.50. The fourth-order valence-corrected chi connectivity index (χ4v) is 1.50. The molecule has 94 valence electrons. The quantitative estimate of drug-likeness (QED) is 0.892. The summed E-state index contributed by atoms with van der Waals surface area (Å²) in [5, 5.41) is 20.8. The molecule has 0 aliphatic carbocycles. The molecule has 0 bridgehead atoms. The van der Waals surface area contributed by atoms with Gasteiger partial charge in [-0.05, 0) is 18.2 Å². The molecule has 0 fully saturated rings. The highest BCUT2D eigenvalue weighted by Crippen LogP contribution is 2.25. The maximum atomic E-state index is 10.6. The highest BCUT2D eigenvalue weighted by atomic mass is 35.5. The molecule has 0 unspecified atom stereocenters. The number of nitrogens with zero attached hydrogens (tertiary/aromatic N) is 3. The van der Waals surface area contributed by atoms with E-state index in [1.54, 1.807) is 18.2 Å². The summed E-state index contributed by atoms with van der Waals surface area (Å²) >= 11 is 5.97. The number of hydrogen-bond donors (Lipinski definition) is 2. The molecule has 0 saturated heterocycles. The third kappa shape index (κ3) is 2.97. The third-order valence-corrected chi connectivity index (χ3v) is 2.56. The van der Waals surface area contributed by atoms with Crippen molar-refractivity contribution in [3.05, 3.63) is 46.9 Å². The summed E-state index contributed by atoms with van der Waals surface area (Å²) in [5.74, 6) is -0.814. The van der Waals surface area contributed by atoms with Crippen molar-refractivity contribution in [2.45, 2.75) is 0 Å². The van der Waals surface area contributed by atoms with Gasteiger partial charge in [-0.15, -0.1) is 0 Å². The van der Waals surface area contributed by atoms with E-state index in [-0.39, 0.29) is 5.69 Å². The molecule has 0 saturated carbocycles. The predicted octanol–water partition coefficient (Wildman–Crippen LogP) is 2.44. The van der Waals surface area contributed by atoms with Crippen molar-refractivity contribution in [2.75, 3.05) is 5.32 Å². The summed E-state index contributed by atoms with van der Waals surface area (Å²) < 4.78 is 0. The average molecular weight is 275 g/mol. The number of nitrogens with one attached hydrogen (secondary N) is 1. The van der Waals surface area contributed by atoms with Gasteiger partial charge in [0.05, 0.1) is 34.7 Å². The number of rotatable bonds is 3. The molecule has 0 atom stereocenters. The lowest BCUT2D eigenvalue weighted by atomic mass is 10.2. The Morgan fingerprint density at radius 3 is 2.74 bits per heavy atom. The Hall–Kier alpha value is -2.65. The zero-order valence-corrected chi connectivity index (χ0v) is 10.2. The summed E-state index contributed by atoms with van der Waals surface area (Å²) in [4.78, 5) is 18.2. The molecule has 2 rings (SSSR count). The smallest absolute Gasteiger partial charge is 0.356 e. The Morgan fingerprint density at radius 2 is 2.16 bits per heavy atom. The van der Waals surface area contributed by atoms with Gasteiger partial charge in [0.15, 0.2) is 5.69 Å². The van der Waals surface area contributed by atoms with E-state index >= 15 is 0 Å². The van der Waals surface area contributed by atoms with E-state index in [1.165, 1.54) is 6.20 Å². The Kier molecular flexibility index (Phi) is 3.59. The summed E-state index contributed by atoms with van der Waals surface area (Å²) in [6.07, 6.45) is 2.41. The number of nitriles is 1. The number of carboxylic acids is 1. The lowest BCUT2D eigenvalue weighted by Gasteiger charge is -2.07. The van der Waals surface area contributed by atoms with Crippen molar-refractivity contribution in [2.24, 2.45) is 0 Å². The van der Waals surface area contributed by atoms with Crippen LogP contribution in [0.5, 0.6) is 0 Å². The van der Waals surface area contributed by atoms with Crippen LogP contribution in [0.4, 0.5) is 11.5 Å². The van der Waals surface area contributed by atoms with Gasteiger partial charge < -0.3 is 10.4 Å². The molecule has 0 aliphatic heterocycles. The van der Waals surface area contributed by atoms with Crippen LogP contribution in [0, 0.1) is 11.3 Å². The van der Waals surface area contributed by atoms with Crippen molar-refractivity contribution in [3.8, 4) is 6.07 Å². The number of carboxylic acid groups (broad SMARTS) is 1. The predicted molar refractivity (Wildman–Crippen MR) is 68.4 cm³/mol. The van der Waals surface area contributed by atoms with E-state index in [0.29, 0.717) is 22.1 Å². The second kappa shape index (κ2) is 5.33. The number of halogens is 1. The lowest BCUT2D eigenvalue weighted by Crippen LogP contribution is -2.03. The highest BCUT2D eigenvalue weighted by molar-refractivity contribution is 6.33. The van der Waals surface area contributed by atoms with Crippen molar-refractivity contribution in [1.82, 2.24) is 9.97 Å². The lowest BCUT2D eigenvalue weighted by molar-refractivity contribution is 0.0690. The second-order valence-corrected chi connectivity index (χ2v) is 3.93. The summed E-state index contributed by atoms with van der Waals surface area (Å²) in [5.41, 5.74) is 0.794. The van der Waals surface area contributed by atoms with Crippen LogP contribution < -0.4 is 5.32 Å². The maximum absolute atomic E-state index is 10.6. The summed E-state index contributed by atoms with van der Waals surface area (Å²) in [7, 11) is 0.